The Balaban J connectivity index is 1.97. The predicted octanol–water partition coefficient (Wildman–Crippen LogP) is 2.04. The van der Waals surface area contributed by atoms with Crippen molar-refractivity contribution < 1.29 is 9.53 Å². The first kappa shape index (κ1) is 11.3. The highest BCUT2D eigenvalue weighted by molar-refractivity contribution is 6.08. The van der Waals surface area contributed by atoms with Gasteiger partial charge in [-0.2, -0.15) is 0 Å². The average Bonchev–Trinajstić information content (AvgIpc) is 2.41. The lowest BCUT2D eigenvalue weighted by Gasteiger charge is -2.20. The molecule has 1 aliphatic rings. The van der Waals surface area contributed by atoms with Crippen LogP contribution in [0.15, 0.2) is 48.5 Å². The summed E-state index contributed by atoms with van der Waals surface area (Å²) in [4.78, 5) is 15.8. The van der Waals surface area contributed by atoms with Gasteiger partial charge in [0.05, 0.1) is 5.69 Å². The van der Waals surface area contributed by atoms with E-state index in [1.165, 1.54) is 0 Å². The zero-order valence-corrected chi connectivity index (χ0v) is 9.96. The van der Waals surface area contributed by atoms with Gasteiger partial charge in [0.2, 0.25) is 0 Å². The Morgan fingerprint density at radius 3 is 2.79 bits per heavy atom. The number of nitrogens with two attached hydrogens (primary N) is 1. The smallest absolute Gasteiger partial charge is 0.291 e. The fraction of sp³-hybridized carbons (Fsp3) is 0. The van der Waals surface area contributed by atoms with Gasteiger partial charge in [-0.1, -0.05) is 0 Å². The lowest BCUT2D eigenvalue weighted by atomic mass is 10.2. The van der Waals surface area contributed by atoms with Crippen molar-refractivity contribution in [3.05, 3.63) is 54.0 Å². The van der Waals surface area contributed by atoms with Crippen molar-refractivity contribution in [2.75, 3.05) is 11.1 Å². The van der Waals surface area contributed by atoms with Crippen LogP contribution in [0.25, 0.3) is 6.08 Å². The first-order chi connectivity index (χ1) is 9.22. The topological polar surface area (TPSA) is 77.2 Å². The molecule has 5 heteroatoms. The lowest BCUT2D eigenvalue weighted by Crippen LogP contribution is -2.23. The first-order valence-electron chi connectivity index (χ1n) is 5.73. The summed E-state index contributed by atoms with van der Waals surface area (Å²) in [5, 5.41) is 2.75. The van der Waals surface area contributed by atoms with Gasteiger partial charge in [0, 0.05) is 24.1 Å². The van der Waals surface area contributed by atoms with Gasteiger partial charge in [0.25, 0.3) is 5.91 Å². The molecule has 2 heterocycles. The maximum atomic E-state index is 11.9. The van der Waals surface area contributed by atoms with Gasteiger partial charge in [-0.3, -0.25) is 9.78 Å². The van der Waals surface area contributed by atoms with Crippen molar-refractivity contribution in [3.8, 4) is 5.75 Å². The summed E-state index contributed by atoms with van der Waals surface area (Å²) in [6.45, 7) is 0. The molecule has 1 aromatic carbocycles. The standard InChI is InChI=1S/C14H11N3O2/c15-10-1-2-11-12(8-10)19-13(14(18)17-11)7-9-3-5-16-6-4-9/h1-8H,15H2,(H,17,18)/b13-7+. The minimum absolute atomic E-state index is 0.226. The van der Waals surface area contributed by atoms with Crippen LogP contribution in [-0.2, 0) is 4.79 Å². The number of aromatic nitrogens is 1. The number of carbonyl (C=O) groups is 1. The molecule has 2 aromatic rings. The molecule has 94 valence electrons. The van der Waals surface area contributed by atoms with Crippen LogP contribution in [0.4, 0.5) is 11.4 Å². The van der Waals surface area contributed by atoms with E-state index in [4.69, 9.17) is 10.5 Å². The van der Waals surface area contributed by atoms with Crippen LogP contribution in [0.3, 0.4) is 0 Å². The normalized spacial score (nSPS) is 15.6. The van der Waals surface area contributed by atoms with Gasteiger partial charge in [-0.05, 0) is 35.9 Å². The second-order valence-electron chi connectivity index (χ2n) is 4.10. The minimum Gasteiger partial charge on any atom is -0.449 e. The minimum atomic E-state index is -0.283. The van der Waals surface area contributed by atoms with Crippen LogP contribution in [-0.4, -0.2) is 10.9 Å². The molecule has 1 amide bonds. The second kappa shape index (κ2) is 4.45. The number of ether oxygens (including phenoxy) is 1. The van der Waals surface area contributed by atoms with Crippen LogP contribution in [0.5, 0.6) is 5.75 Å². The Bertz CT molecular complexity index is 666. The summed E-state index contributed by atoms with van der Waals surface area (Å²) in [6, 6.07) is 8.68. The number of benzene rings is 1. The number of fused-ring (bicyclic) bond motifs is 1. The zero-order chi connectivity index (χ0) is 13.2. The molecule has 5 nitrogen and oxygen atoms in total. The highest BCUT2D eigenvalue weighted by atomic mass is 16.5. The SMILES string of the molecule is Nc1ccc2c(c1)O/C(=C/c1ccncc1)C(=O)N2. The molecule has 0 saturated heterocycles. The van der Waals surface area contributed by atoms with Crippen LogP contribution < -0.4 is 15.8 Å². The Morgan fingerprint density at radius 2 is 2.00 bits per heavy atom. The summed E-state index contributed by atoms with van der Waals surface area (Å²) in [5.41, 5.74) is 7.73. The summed E-state index contributed by atoms with van der Waals surface area (Å²) in [5.74, 6) is 0.485. The number of hydrogen-bond donors (Lipinski definition) is 2. The highest BCUT2D eigenvalue weighted by Crippen LogP contribution is 2.32. The van der Waals surface area contributed by atoms with E-state index < -0.39 is 0 Å². The third-order valence-electron chi connectivity index (χ3n) is 2.70. The Morgan fingerprint density at radius 1 is 1.21 bits per heavy atom. The fourth-order valence-electron chi connectivity index (χ4n) is 1.78. The van der Waals surface area contributed by atoms with E-state index in [0.717, 1.165) is 5.56 Å². The number of pyridine rings is 1. The van der Waals surface area contributed by atoms with E-state index in [1.54, 1.807) is 48.8 Å². The maximum Gasteiger partial charge on any atom is 0.291 e. The van der Waals surface area contributed by atoms with Crippen molar-refractivity contribution in [2.45, 2.75) is 0 Å². The number of nitrogen functional groups attached to an aromatic ring is 1. The molecule has 0 radical (unpaired) electrons. The van der Waals surface area contributed by atoms with Crippen molar-refractivity contribution in [1.82, 2.24) is 4.98 Å². The average molecular weight is 253 g/mol. The molecule has 0 fully saturated rings. The van der Waals surface area contributed by atoms with E-state index in [1.807, 2.05) is 0 Å². The number of nitrogens with zero attached hydrogens (tertiary/aromatic N) is 1. The molecule has 3 rings (SSSR count). The Hall–Kier alpha value is -2.82. The molecular weight excluding hydrogens is 242 g/mol. The van der Waals surface area contributed by atoms with Crippen molar-refractivity contribution >= 4 is 23.4 Å². The number of rotatable bonds is 1. The molecule has 0 unspecified atom stereocenters. The third kappa shape index (κ3) is 2.26. The van der Waals surface area contributed by atoms with E-state index in [0.29, 0.717) is 17.1 Å². The largest absolute Gasteiger partial charge is 0.449 e. The lowest BCUT2D eigenvalue weighted by molar-refractivity contribution is -0.115. The van der Waals surface area contributed by atoms with E-state index in [-0.39, 0.29) is 11.7 Å². The van der Waals surface area contributed by atoms with E-state index in [9.17, 15) is 4.79 Å². The van der Waals surface area contributed by atoms with Crippen LogP contribution >= 0.6 is 0 Å². The molecule has 0 spiro atoms. The maximum absolute atomic E-state index is 11.9. The molecule has 3 N–H and O–H groups in total. The number of nitrogens with one attached hydrogen (secondary N) is 1. The molecule has 0 atom stereocenters. The Kier molecular flexibility index (Phi) is 2.64. The van der Waals surface area contributed by atoms with Crippen molar-refractivity contribution in [1.29, 1.82) is 0 Å². The molecule has 0 saturated carbocycles. The molecule has 0 aliphatic carbocycles. The third-order valence-corrected chi connectivity index (χ3v) is 2.70. The second-order valence-corrected chi connectivity index (χ2v) is 4.10. The predicted molar refractivity (Wildman–Crippen MR) is 72.3 cm³/mol. The molecule has 1 aliphatic heterocycles. The van der Waals surface area contributed by atoms with E-state index >= 15 is 0 Å². The number of hydrogen-bond acceptors (Lipinski definition) is 4. The zero-order valence-electron chi connectivity index (χ0n) is 9.96. The highest BCUT2D eigenvalue weighted by Gasteiger charge is 2.21. The van der Waals surface area contributed by atoms with Gasteiger partial charge < -0.3 is 15.8 Å². The van der Waals surface area contributed by atoms with Gasteiger partial charge >= 0.3 is 0 Å². The summed E-state index contributed by atoms with van der Waals surface area (Å²) < 4.78 is 5.58. The summed E-state index contributed by atoms with van der Waals surface area (Å²) in [7, 11) is 0. The van der Waals surface area contributed by atoms with E-state index in [2.05, 4.69) is 10.3 Å². The van der Waals surface area contributed by atoms with Crippen LogP contribution in [0.1, 0.15) is 5.56 Å². The summed E-state index contributed by atoms with van der Waals surface area (Å²) in [6.07, 6.45) is 4.96. The molecular formula is C14H11N3O2. The Labute approximate surface area is 109 Å². The summed E-state index contributed by atoms with van der Waals surface area (Å²) >= 11 is 0. The van der Waals surface area contributed by atoms with Gasteiger partial charge in [-0.25, -0.2) is 0 Å². The number of carbonyl (C=O) groups excluding carboxylic acids is 1. The molecule has 19 heavy (non-hydrogen) atoms. The van der Waals surface area contributed by atoms with Crippen molar-refractivity contribution in [3.63, 3.8) is 0 Å². The monoisotopic (exact) mass is 253 g/mol. The van der Waals surface area contributed by atoms with Crippen molar-refractivity contribution in [2.24, 2.45) is 0 Å². The van der Waals surface area contributed by atoms with Gasteiger partial charge in [-0.15, -0.1) is 0 Å². The number of anilines is 2. The fourth-order valence-corrected chi connectivity index (χ4v) is 1.78. The number of amides is 1. The van der Waals surface area contributed by atoms with Gasteiger partial charge in [0.1, 0.15) is 0 Å². The van der Waals surface area contributed by atoms with Gasteiger partial charge in [0.15, 0.2) is 11.5 Å². The quantitative estimate of drug-likeness (QED) is 0.602. The molecule has 1 aromatic heterocycles. The van der Waals surface area contributed by atoms with Crippen LogP contribution in [0.2, 0.25) is 0 Å². The first-order valence-corrected chi connectivity index (χ1v) is 5.73. The molecule has 0 bridgehead atoms. The van der Waals surface area contributed by atoms with Crippen LogP contribution in [0, 0.1) is 0 Å².